The van der Waals surface area contributed by atoms with Crippen LogP contribution in [0.2, 0.25) is 0 Å². The first-order valence-electron chi connectivity index (χ1n) is 7.64. The van der Waals surface area contributed by atoms with Crippen molar-refractivity contribution in [1.29, 1.82) is 0 Å². The highest BCUT2D eigenvalue weighted by atomic mass is 15.2. The fourth-order valence-electron chi connectivity index (χ4n) is 2.70. The molecule has 1 aliphatic heterocycles. The summed E-state index contributed by atoms with van der Waals surface area (Å²) in [6.45, 7) is 13.0. The summed E-state index contributed by atoms with van der Waals surface area (Å²) in [4.78, 5) is 2.59. The number of nitrogens with zero attached hydrogens (tertiary/aromatic N) is 1. The van der Waals surface area contributed by atoms with Gasteiger partial charge in [-0.15, -0.1) is 0 Å². The zero-order valence-electron chi connectivity index (χ0n) is 12.3. The molecule has 0 aromatic carbocycles. The Bertz CT molecular complexity index is 191. The average Bonchev–Trinajstić information content (AvgIpc) is 2.78. The molecule has 1 aliphatic rings. The van der Waals surface area contributed by atoms with Crippen LogP contribution in [0.4, 0.5) is 0 Å². The van der Waals surface area contributed by atoms with Gasteiger partial charge in [0.2, 0.25) is 0 Å². The standard InChI is InChI=1S/C15H32N2/c1-5-7-8-14(6-2)11-16-15-9-10-17(12-15)13(3)4/h13-16H,5-12H2,1-4H3. The maximum absolute atomic E-state index is 3.78. The fraction of sp³-hybridized carbons (Fsp3) is 1.00. The normalized spacial score (nSPS) is 23.5. The zero-order valence-corrected chi connectivity index (χ0v) is 12.3. The number of nitrogens with one attached hydrogen (secondary N) is 1. The predicted octanol–water partition coefficient (Wildman–Crippen LogP) is 3.28. The van der Waals surface area contributed by atoms with Crippen LogP contribution in [0.5, 0.6) is 0 Å². The number of hydrogen-bond acceptors (Lipinski definition) is 2. The van der Waals surface area contributed by atoms with Crippen molar-refractivity contribution in [2.24, 2.45) is 5.92 Å². The van der Waals surface area contributed by atoms with E-state index in [2.05, 4.69) is 37.9 Å². The van der Waals surface area contributed by atoms with Gasteiger partial charge < -0.3 is 5.32 Å². The molecule has 0 aromatic rings. The summed E-state index contributed by atoms with van der Waals surface area (Å²) in [5.74, 6) is 0.892. The van der Waals surface area contributed by atoms with Crippen molar-refractivity contribution < 1.29 is 0 Å². The zero-order chi connectivity index (χ0) is 12.7. The van der Waals surface area contributed by atoms with E-state index in [1.165, 1.54) is 51.7 Å². The predicted molar refractivity (Wildman–Crippen MR) is 76.4 cm³/mol. The van der Waals surface area contributed by atoms with Crippen molar-refractivity contribution in [2.45, 2.75) is 71.9 Å². The summed E-state index contributed by atoms with van der Waals surface area (Å²) in [6, 6.07) is 1.46. The molecule has 2 atom stereocenters. The summed E-state index contributed by atoms with van der Waals surface area (Å²) in [7, 11) is 0. The first-order valence-corrected chi connectivity index (χ1v) is 7.64. The molecule has 1 N–H and O–H groups in total. The number of unbranched alkanes of at least 4 members (excludes halogenated alkanes) is 1. The van der Waals surface area contributed by atoms with E-state index in [1.807, 2.05) is 0 Å². The van der Waals surface area contributed by atoms with E-state index in [-0.39, 0.29) is 0 Å². The lowest BCUT2D eigenvalue weighted by molar-refractivity contribution is 0.266. The lowest BCUT2D eigenvalue weighted by Gasteiger charge is -2.22. The summed E-state index contributed by atoms with van der Waals surface area (Å²) in [5, 5.41) is 3.78. The van der Waals surface area contributed by atoms with E-state index in [0.717, 1.165) is 12.0 Å². The molecular weight excluding hydrogens is 208 g/mol. The third-order valence-electron chi connectivity index (χ3n) is 4.19. The van der Waals surface area contributed by atoms with Gasteiger partial charge in [0.15, 0.2) is 0 Å². The molecule has 0 radical (unpaired) electrons. The lowest BCUT2D eigenvalue weighted by atomic mass is 9.99. The maximum atomic E-state index is 3.78. The van der Waals surface area contributed by atoms with Gasteiger partial charge in [-0.2, -0.15) is 0 Å². The van der Waals surface area contributed by atoms with E-state index in [4.69, 9.17) is 0 Å². The van der Waals surface area contributed by atoms with Crippen LogP contribution >= 0.6 is 0 Å². The Labute approximate surface area is 108 Å². The maximum Gasteiger partial charge on any atom is 0.0207 e. The first kappa shape index (κ1) is 15.0. The van der Waals surface area contributed by atoms with Crippen LogP contribution in [0.3, 0.4) is 0 Å². The Morgan fingerprint density at radius 2 is 2.06 bits per heavy atom. The van der Waals surface area contributed by atoms with E-state index in [0.29, 0.717) is 6.04 Å². The molecule has 1 saturated heterocycles. The summed E-state index contributed by atoms with van der Waals surface area (Å²) in [5.41, 5.74) is 0. The van der Waals surface area contributed by atoms with Crippen molar-refractivity contribution in [3.63, 3.8) is 0 Å². The molecule has 102 valence electrons. The van der Waals surface area contributed by atoms with Gasteiger partial charge >= 0.3 is 0 Å². The van der Waals surface area contributed by atoms with Crippen LogP contribution in [0.25, 0.3) is 0 Å². The highest BCUT2D eigenvalue weighted by molar-refractivity contribution is 4.83. The Balaban J connectivity index is 2.17. The second-order valence-corrected chi connectivity index (χ2v) is 5.90. The molecule has 1 fully saturated rings. The third kappa shape index (κ3) is 5.39. The molecule has 2 heteroatoms. The molecule has 0 aromatic heterocycles. The van der Waals surface area contributed by atoms with Crippen molar-refractivity contribution in [3.05, 3.63) is 0 Å². The van der Waals surface area contributed by atoms with Gasteiger partial charge in [-0.05, 0) is 45.7 Å². The molecule has 2 unspecified atom stereocenters. The van der Waals surface area contributed by atoms with Crippen molar-refractivity contribution in [1.82, 2.24) is 10.2 Å². The summed E-state index contributed by atoms with van der Waals surface area (Å²) in [6.07, 6.45) is 6.79. The summed E-state index contributed by atoms with van der Waals surface area (Å²) < 4.78 is 0. The molecule has 0 spiro atoms. The average molecular weight is 240 g/mol. The van der Waals surface area contributed by atoms with Crippen molar-refractivity contribution in [3.8, 4) is 0 Å². The summed E-state index contributed by atoms with van der Waals surface area (Å²) >= 11 is 0. The Kier molecular flexibility index (Phi) is 7.14. The topological polar surface area (TPSA) is 15.3 Å². The highest BCUT2D eigenvalue weighted by Gasteiger charge is 2.23. The lowest BCUT2D eigenvalue weighted by Crippen LogP contribution is -2.37. The number of likely N-dealkylation sites (tertiary alicyclic amines) is 1. The van der Waals surface area contributed by atoms with Crippen LogP contribution in [-0.4, -0.2) is 36.6 Å². The van der Waals surface area contributed by atoms with E-state index < -0.39 is 0 Å². The van der Waals surface area contributed by atoms with Gasteiger partial charge in [-0.3, -0.25) is 4.90 Å². The van der Waals surface area contributed by atoms with E-state index in [9.17, 15) is 0 Å². The molecule has 0 saturated carbocycles. The quantitative estimate of drug-likeness (QED) is 0.700. The van der Waals surface area contributed by atoms with Gasteiger partial charge in [-0.25, -0.2) is 0 Å². The molecule has 1 heterocycles. The van der Waals surface area contributed by atoms with Crippen LogP contribution in [0.1, 0.15) is 59.8 Å². The molecule has 2 nitrogen and oxygen atoms in total. The van der Waals surface area contributed by atoms with Crippen LogP contribution in [0.15, 0.2) is 0 Å². The van der Waals surface area contributed by atoms with Crippen molar-refractivity contribution in [2.75, 3.05) is 19.6 Å². The molecule has 17 heavy (non-hydrogen) atoms. The SMILES string of the molecule is CCCCC(CC)CNC1CCN(C(C)C)C1. The highest BCUT2D eigenvalue weighted by Crippen LogP contribution is 2.15. The van der Waals surface area contributed by atoms with Crippen LogP contribution in [0, 0.1) is 5.92 Å². The second-order valence-electron chi connectivity index (χ2n) is 5.90. The van der Waals surface area contributed by atoms with Gasteiger partial charge in [0, 0.05) is 18.6 Å². The molecule has 0 aliphatic carbocycles. The largest absolute Gasteiger partial charge is 0.312 e. The van der Waals surface area contributed by atoms with Gasteiger partial charge in [-0.1, -0.05) is 33.1 Å². The molecule has 0 bridgehead atoms. The first-order chi connectivity index (χ1) is 8.17. The second kappa shape index (κ2) is 8.10. The Morgan fingerprint density at radius 3 is 2.59 bits per heavy atom. The van der Waals surface area contributed by atoms with Crippen LogP contribution < -0.4 is 5.32 Å². The Hall–Kier alpha value is -0.0800. The molecule has 1 rings (SSSR count). The smallest absolute Gasteiger partial charge is 0.0207 e. The fourth-order valence-corrected chi connectivity index (χ4v) is 2.70. The van der Waals surface area contributed by atoms with Gasteiger partial charge in [0.05, 0.1) is 0 Å². The van der Waals surface area contributed by atoms with E-state index in [1.54, 1.807) is 0 Å². The monoisotopic (exact) mass is 240 g/mol. The minimum Gasteiger partial charge on any atom is -0.312 e. The van der Waals surface area contributed by atoms with Gasteiger partial charge in [0.25, 0.3) is 0 Å². The van der Waals surface area contributed by atoms with Gasteiger partial charge in [0.1, 0.15) is 0 Å². The minimum absolute atomic E-state index is 0.712. The minimum atomic E-state index is 0.712. The molecular formula is C15H32N2. The third-order valence-corrected chi connectivity index (χ3v) is 4.19. The number of hydrogen-bond donors (Lipinski definition) is 1. The van der Waals surface area contributed by atoms with Crippen molar-refractivity contribution >= 4 is 0 Å². The molecule has 0 amide bonds. The Morgan fingerprint density at radius 1 is 1.29 bits per heavy atom. The van der Waals surface area contributed by atoms with Crippen LogP contribution in [-0.2, 0) is 0 Å². The number of rotatable bonds is 8. The van der Waals surface area contributed by atoms with E-state index >= 15 is 0 Å².